The van der Waals surface area contributed by atoms with E-state index in [9.17, 15) is 13.2 Å². The minimum atomic E-state index is -4.73. The van der Waals surface area contributed by atoms with Crippen LogP contribution in [-0.4, -0.2) is 40.8 Å². The molecule has 0 aliphatic carbocycles. The van der Waals surface area contributed by atoms with Crippen LogP contribution in [0.2, 0.25) is 0 Å². The fraction of sp³-hybridized carbons (Fsp3) is 0.316. The number of hydrogen-bond donors (Lipinski definition) is 1. The molecule has 28 heavy (non-hydrogen) atoms. The lowest BCUT2D eigenvalue weighted by molar-refractivity contribution is -0.274. The van der Waals surface area contributed by atoms with Gasteiger partial charge in [-0.05, 0) is 43.2 Å². The van der Waals surface area contributed by atoms with Gasteiger partial charge < -0.3 is 14.8 Å². The first-order valence-electron chi connectivity index (χ1n) is 8.82. The Hall–Kier alpha value is -2.94. The number of benzene rings is 1. The van der Waals surface area contributed by atoms with Gasteiger partial charge in [0.05, 0.1) is 6.10 Å². The molecule has 2 aromatic heterocycles. The van der Waals surface area contributed by atoms with Gasteiger partial charge in [-0.25, -0.2) is 0 Å². The predicted molar refractivity (Wildman–Crippen MR) is 96.9 cm³/mol. The quantitative estimate of drug-likeness (QED) is 0.705. The number of pyridine rings is 1. The molecule has 3 heterocycles. The summed E-state index contributed by atoms with van der Waals surface area (Å²) >= 11 is 0. The fourth-order valence-corrected chi connectivity index (χ4v) is 3.17. The molecule has 1 N–H and O–H groups in total. The van der Waals surface area contributed by atoms with Crippen LogP contribution in [0.3, 0.4) is 0 Å². The van der Waals surface area contributed by atoms with Gasteiger partial charge in [0.2, 0.25) is 0 Å². The average Bonchev–Trinajstić information content (AvgIpc) is 3.19. The van der Waals surface area contributed by atoms with E-state index >= 15 is 0 Å². The van der Waals surface area contributed by atoms with Crippen LogP contribution in [0.5, 0.6) is 5.75 Å². The fourth-order valence-electron chi connectivity index (χ4n) is 3.17. The summed E-state index contributed by atoms with van der Waals surface area (Å²) in [5.74, 6) is 0.310. The zero-order valence-corrected chi connectivity index (χ0v) is 14.7. The second-order valence-corrected chi connectivity index (χ2v) is 6.41. The number of fused-ring (bicyclic) bond motifs is 1. The van der Waals surface area contributed by atoms with Crippen molar-refractivity contribution in [1.82, 2.24) is 15.2 Å². The van der Waals surface area contributed by atoms with Gasteiger partial charge in [0.25, 0.3) is 0 Å². The number of hydrogen-bond acceptors (Lipinski definition) is 6. The van der Waals surface area contributed by atoms with Crippen LogP contribution in [0.15, 0.2) is 42.7 Å². The van der Waals surface area contributed by atoms with Crippen LogP contribution < -0.4 is 10.1 Å². The molecule has 1 fully saturated rings. The molecular formula is C19H17F3N4O2. The van der Waals surface area contributed by atoms with Gasteiger partial charge in [-0.2, -0.15) is 0 Å². The Kier molecular flexibility index (Phi) is 4.99. The number of halogens is 3. The van der Waals surface area contributed by atoms with Gasteiger partial charge in [-0.1, -0.05) is 0 Å². The lowest BCUT2D eigenvalue weighted by atomic mass is 10.1. The lowest BCUT2D eigenvalue weighted by Crippen LogP contribution is -2.19. The van der Waals surface area contributed by atoms with Gasteiger partial charge in [0, 0.05) is 41.9 Å². The first-order chi connectivity index (χ1) is 13.5. The van der Waals surface area contributed by atoms with Gasteiger partial charge in [-0.15, -0.1) is 23.4 Å². The summed E-state index contributed by atoms with van der Waals surface area (Å²) in [6.45, 7) is 1.40. The van der Waals surface area contributed by atoms with Crippen LogP contribution in [0, 0.1) is 0 Å². The third-order valence-corrected chi connectivity index (χ3v) is 4.46. The molecule has 6 nitrogen and oxygen atoms in total. The molecule has 0 amide bonds. The maximum atomic E-state index is 12.3. The number of anilines is 1. The Morgan fingerprint density at radius 2 is 1.93 bits per heavy atom. The molecule has 1 unspecified atom stereocenters. The van der Waals surface area contributed by atoms with E-state index in [1.54, 1.807) is 18.5 Å². The highest BCUT2D eigenvalue weighted by Crippen LogP contribution is 2.31. The molecule has 4 rings (SSSR count). The molecule has 1 aromatic carbocycles. The number of nitrogens with one attached hydrogen (secondary N) is 1. The third kappa shape index (κ3) is 4.14. The minimum absolute atomic E-state index is 0.148. The van der Waals surface area contributed by atoms with Gasteiger partial charge in [0.1, 0.15) is 11.4 Å². The first kappa shape index (κ1) is 18.4. The predicted octanol–water partition coefficient (Wildman–Crippen LogP) is 4.18. The first-order valence-corrected chi connectivity index (χ1v) is 8.82. The van der Waals surface area contributed by atoms with E-state index in [4.69, 9.17) is 4.74 Å². The summed E-state index contributed by atoms with van der Waals surface area (Å²) in [5, 5.41) is 13.4. The Balaban J connectivity index is 1.62. The van der Waals surface area contributed by atoms with Crippen molar-refractivity contribution in [2.24, 2.45) is 0 Å². The molecule has 146 valence electrons. The number of aromatic nitrogens is 3. The van der Waals surface area contributed by atoms with Crippen molar-refractivity contribution in [2.45, 2.75) is 25.3 Å². The zero-order valence-electron chi connectivity index (χ0n) is 14.7. The smallest absolute Gasteiger partial charge is 0.406 e. The molecule has 1 saturated heterocycles. The van der Waals surface area contributed by atoms with Crippen molar-refractivity contribution in [3.63, 3.8) is 0 Å². The zero-order chi connectivity index (χ0) is 19.6. The SMILES string of the molecule is FC(F)(F)Oc1ccc(-c2nnc(NCC3CCCO3)c3cnccc23)cc1. The van der Waals surface area contributed by atoms with Crippen LogP contribution in [0.4, 0.5) is 19.0 Å². The number of ether oxygens (including phenoxy) is 2. The van der Waals surface area contributed by atoms with Gasteiger partial charge >= 0.3 is 6.36 Å². The van der Waals surface area contributed by atoms with Gasteiger partial charge in [-0.3, -0.25) is 4.98 Å². The van der Waals surface area contributed by atoms with Crippen molar-refractivity contribution < 1.29 is 22.6 Å². The Morgan fingerprint density at radius 1 is 1.11 bits per heavy atom. The maximum absolute atomic E-state index is 12.3. The molecular weight excluding hydrogens is 373 g/mol. The minimum Gasteiger partial charge on any atom is -0.406 e. The van der Waals surface area contributed by atoms with Crippen molar-refractivity contribution in [3.05, 3.63) is 42.7 Å². The second-order valence-electron chi connectivity index (χ2n) is 6.41. The molecule has 0 bridgehead atoms. The number of nitrogens with zero attached hydrogens (tertiary/aromatic N) is 3. The molecule has 0 spiro atoms. The van der Waals surface area contributed by atoms with Crippen LogP contribution in [0.1, 0.15) is 12.8 Å². The summed E-state index contributed by atoms with van der Waals surface area (Å²) in [5.41, 5.74) is 1.18. The highest BCUT2D eigenvalue weighted by Gasteiger charge is 2.31. The van der Waals surface area contributed by atoms with Crippen LogP contribution in [-0.2, 0) is 4.74 Å². The van der Waals surface area contributed by atoms with E-state index in [2.05, 4.69) is 25.2 Å². The van der Waals surface area contributed by atoms with E-state index in [1.807, 2.05) is 0 Å². The van der Waals surface area contributed by atoms with E-state index < -0.39 is 6.36 Å². The maximum Gasteiger partial charge on any atom is 0.573 e. The van der Waals surface area contributed by atoms with Crippen molar-refractivity contribution in [2.75, 3.05) is 18.5 Å². The van der Waals surface area contributed by atoms with E-state index in [1.165, 1.54) is 24.3 Å². The van der Waals surface area contributed by atoms with Crippen molar-refractivity contribution in [1.29, 1.82) is 0 Å². The largest absolute Gasteiger partial charge is 0.573 e. The monoisotopic (exact) mass is 390 g/mol. The van der Waals surface area contributed by atoms with Gasteiger partial charge in [0.15, 0.2) is 5.82 Å². The topological polar surface area (TPSA) is 69.2 Å². The summed E-state index contributed by atoms with van der Waals surface area (Å²) < 4.78 is 46.5. The normalized spacial score (nSPS) is 17.0. The number of rotatable bonds is 5. The molecule has 0 saturated carbocycles. The third-order valence-electron chi connectivity index (χ3n) is 4.46. The summed E-state index contributed by atoms with van der Waals surface area (Å²) in [7, 11) is 0. The lowest BCUT2D eigenvalue weighted by Gasteiger charge is -2.14. The highest BCUT2D eigenvalue weighted by atomic mass is 19.4. The van der Waals surface area contributed by atoms with E-state index in [-0.39, 0.29) is 11.9 Å². The molecule has 1 aliphatic rings. The number of alkyl halides is 3. The Bertz CT molecular complexity index is 958. The Morgan fingerprint density at radius 3 is 2.64 bits per heavy atom. The summed E-state index contributed by atoms with van der Waals surface area (Å²) in [6.07, 6.45) is 0.796. The molecule has 1 atom stereocenters. The van der Waals surface area contributed by atoms with E-state index in [0.717, 1.165) is 30.2 Å². The van der Waals surface area contributed by atoms with E-state index in [0.29, 0.717) is 23.6 Å². The molecule has 3 aromatic rings. The molecule has 0 radical (unpaired) electrons. The second kappa shape index (κ2) is 7.59. The standard InChI is InChI=1S/C19H17F3N4O2/c20-19(21,22)28-13-5-3-12(4-6-13)17-15-7-8-23-11-16(15)18(26-25-17)24-10-14-2-1-9-27-14/h3-8,11,14H,1-2,9-10H2,(H,24,26). The molecule has 9 heteroatoms. The average molecular weight is 390 g/mol. The summed E-state index contributed by atoms with van der Waals surface area (Å²) in [4.78, 5) is 4.16. The van der Waals surface area contributed by atoms with Crippen molar-refractivity contribution >= 4 is 16.6 Å². The molecule has 1 aliphatic heterocycles. The Labute approximate surface area is 158 Å². The van der Waals surface area contributed by atoms with Crippen LogP contribution >= 0.6 is 0 Å². The van der Waals surface area contributed by atoms with Crippen LogP contribution in [0.25, 0.3) is 22.0 Å². The van der Waals surface area contributed by atoms with Crippen molar-refractivity contribution in [3.8, 4) is 17.0 Å². The highest BCUT2D eigenvalue weighted by molar-refractivity contribution is 5.99. The summed E-state index contributed by atoms with van der Waals surface area (Å²) in [6, 6.07) is 7.34.